The summed E-state index contributed by atoms with van der Waals surface area (Å²) in [6.07, 6.45) is 4.20. The van der Waals surface area contributed by atoms with Crippen molar-refractivity contribution in [1.82, 2.24) is 10.4 Å². The Morgan fingerprint density at radius 3 is 3.28 bits per heavy atom. The van der Waals surface area contributed by atoms with Crippen LogP contribution in [0.4, 0.5) is 0 Å². The predicted octanol–water partition coefficient (Wildman–Crippen LogP) is 1.43. The Bertz CT molecular complexity index is 530. The Labute approximate surface area is 102 Å². The molecule has 0 aliphatic rings. The number of hydrogen-bond donors (Lipinski definition) is 1. The molecule has 1 N–H and O–H groups in total. The van der Waals surface area contributed by atoms with Crippen molar-refractivity contribution in [2.24, 2.45) is 5.10 Å². The second-order valence-electron chi connectivity index (χ2n) is 3.13. The first-order valence-corrected chi connectivity index (χ1v) is 5.25. The van der Waals surface area contributed by atoms with Crippen LogP contribution >= 0.6 is 0 Å². The molecular weight excluding hydrogens is 238 g/mol. The van der Waals surface area contributed by atoms with Crippen molar-refractivity contribution in [2.45, 2.75) is 6.92 Å². The third-order valence-electron chi connectivity index (χ3n) is 1.87. The summed E-state index contributed by atoms with van der Waals surface area (Å²) in [6, 6.07) is 3.42. The van der Waals surface area contributed by atoms with Gasteiger partial charge in [0.1, 0.15) is 12.0 Å². The number of hydrazone groups is 1. The van der Waals surface area contributed by atoms with Gasteiger partial charge in [0.15, 0.2) is 0 Å². The van der Waals surface area contributed by atoms with E-state index >= 15 is 0 Å². The molecule has 2 rings (SSSR count). The fourth-order valence-corrected chi connectivity index (χ4v) is 1.14. The average molecular weight is 249 g/mol. The summed E-state index contributed by atoms with van der Waals surface area (Å²) < 4.78 is 15.1. The van der Waals surface area contributed by atoms with Gasteiger partial charge in [0, 0.05) is 0 Å². The van der Waals surface area contributed by atoms with Crippen molar-refractivity contribution in [3.63, 3.8) is 0 Å². The van der Waals surface area contributed by atoms with Gasteiger partial charge in [0.2, 0.25) is 0 Å². The molecular formula is C11H11N3O4. The number of carbonyl (C=O) groups is 1. The third-order valence-corrected chi connectivity index (χ3v) is 1.87. The normalized spacial score (nSPS) is 10.7. The van der Waals surface area contributed by atoms with E-state index in [1.54, 1.807) is 19.1 Å². The average Bonchev–Trinajstić information content (AvgIpc) is 3.00. The van der Waals surface area contributed by atoms with Gasteiger partial charge in [-0.15, -0.1) is 0 Å². The summed E-state index contributed by atoms with van der Waals surface area (Å²) in [5, 5.41) is 3.69. The van der Waals surface area contributed by atoms with Gasteiger partial charge in [-0.2, -0.15) is 5.10 Å². The first kappa shape index (κ1) is 11.9. The molecule has 0 radical (unpaired) electrons. The minimum absolute atomic E-state index is 0.116. The van der Waals surface area contributed by atoms with E-state index in [-0.39, 0.29) is 11.8 Å². The summed E-state index contributed by atoms with van der Waals surface area (Å²) in [7, 11) is 0. The summed E-state index contributed by atoms with van der Waals surface area (Å²) >= 11 is 0. The van der Waals surface area contributed by atoms with Crippen LogP contribution in [-0.2, 0) is 0 Å². The van der Waals surface area contributed by atoms with Crippen LogP contribution in [0.5, 0.6) is 5.95 Å². The molecule has 0 aromatic carbocycles. The lowest BCUT2D eigenvalue weighted by molar-refractivity contribution is 0.0912. The van der Waals surface area contributed by atoms with Crippen LogP contribution in [0.1, 0.15) is 23.4 Å². The molecule has 0 bridgehead atoms. The number of hydrogen-bond acceptors (Lipinski definition) is 6. The Balaban J connectivity index is 1.91. The number of nitrogens with zero attached hydrogens (tertiary/aromatic N) is 2. The molecule has 7 heteroatoms. The van der Waals surface area contributed by atoms with Crippen LogP contribution in [0.25, 0.3) is 0 Å². The summed E-state index contributed by atoms with van der Waals surface area (Å²) in [5.41, 5.74) is 2.25. The van der Waals surface area contributed by atoms with Crippen molar-refractivity contribution in [3.05, 3.63) is 36.2 Å². The van der Waals surface area contributed by atoms with E-state index in [2.05, 4.69) is 15.5 Å². The maximum absolute atomic E-state index is 11.5. The quantitative estimate of drug-likeness (QED) is 0.639. The molecule has 0 unspecified atom stereocenters. The molecule has 0 atom stereocenters. The van der Waals surface area contributed by atoms with Crippen molar-refractivity contribution in [3.8, 4) is 5.95 Å². The molecule has 0 aliphatic carbocycles. The second-order valence-corrected chi connectivity index (χ2v) is 3.13. The SMILES string of the molecule is CCOc1cnc(C(=O)N/N=C\c2ccco2)o1. The zero-order valence-electron chi connectivity index (χ0n) is 9.62. The smallest absolute Gasteiger partial charge is 0.327 e. The lowest BCUT2D eigenvalue weighted by Gasteiger charge is -1.95. The molecule has 2 aromatic rings. The van der Waals surface area contributed by atoms with E-state index in [1.165, 1.54) is 18.7 Å². The maximum Gasteiger partial charge on any atom is 0.327 e. The lowest BCUT2D eigenvalue weighted by atomic mass is 10.5. The molecule has 2 aromatic heterocycles. The highest BCUT2D eigenvalue weighted by molar-refractivity contribution is 5.90. The standard InChI is InChI=1S/C11H11N3O4/c1-2-16-9-7-12-11(18-9)10(15)14-13-6-8-4-3-5-17-8/h3-7H,2H2,1H3,(H,14,15)/b13-6-. The zero-order valence-corrected chi connectivity index (χ0v) is 9.62. The molecule has 0 fully saturated rings. The van der Waals surface area contributed by atoms with Crippen LogP contribution < -0.4 is 10.2 Å². The minimum atomic E-state index is -0.566. The molecule has 0 saturated carbocycles. The van der Waals surface area contributed by atoms with Gasteiger partial charge in [-0.1, -0.05) is 0 Å². The van der Waals surface area contributed by atoms with Crippen LogP contribution in [0.15, 0.2) is 38.5 Å². The number of oxazole rings is 1. The number of nitrogens with one attached hydrogen (secondary N) is 1. The van der Waals surface area contributed by atoms with Gasteiger partial charge in [-0.05, 0) is 19.1 Å². The number of carbonyl (C=O) groups excluding carboxylic acids is 1. The number of aromatic nitrogens is 1. The van der Waals surface area contributed by atoms with E-state index in [0.29, 0.717) is 12.4 Å². The van der Waals surface area contributed by atoms with E-state index in [0.717, 1.165) is 0 Å². The Kier molecular flexibility index (Phi) is 3.75. The third kappa shape index (κ3) is 2.97. The molecule has 0 spiro atoms. The van der Waals surface area contributed by atoms with E-state index in [4.69, 9.17) is 13.6 Å². The zero-order chi connectivity index (χ0) is 12.8. The first-order chi connectivity index (χ1) is 8.79. The number of ether oxygens (including phenoxy) is 1. The number of rotatable bonds is 5. The molecule has 94 valence electrons. The van der Waals surface area contributed by atoms with Crippen molar-refractivity contribution >= 4 is 12.1 Å². The van der Waals surface area contributed by atoms with Crippen molar-refractivity contribution in [2.75, 3.05) is 6.61 Å². The summed E-state index contributed by atoms with van der Waals surface area (Å²) in [6.45, 7) is 2.24. The minimum Gasteiger partial charge on any atom is -0.464 e. The van der Waals surface area contributed by atoms with Gasteiger partial charge >= 0.3 is 11.9 Å². The lowest BCUT2D eigenvalue weighted by Crippen LogP contribution is -2.17. The van der Waals surface area contributed by atoms with Gasteiger partial charge in [-0.3, -0.25) is 4.79 Å². The summed E-state index contributed by atoms with van der Waals surface area (Å²) in [4.78, 5) is 15.3. The van der Waals surface area contributed by atoms with Crippen molar-refractivity contribution < 1.29 is 18.4 Å². The molecule has 0 saturated heterocycles. The van der Waals surface area contributed by atoms with Crippen LogP contribution in [0.2, 0.25) is 0 Å². The fourth-order valence-electron chi connectivity index (χ4n) is 1.14. The number of furan rings is 1. The van der Waals surface area contributed by atoms with Gasteiger partial charge < -0.3 is 13.6 Å². The second kappa shape index (κ2) is 5.67. The first-order valence-electron chi connectivity index (χ1n) is 5.25. The monoisotopic (exact) mass is 249 g/mol. The van der Waals surface area contributed by atoms with Crippen molar-refractivity contribution in [1.29, 1.82) is 0 Å². The van der Waals surface area contributed by atoms with Gasteiger partial charge in [0.25, 0.3) is 5.89 Å². The largest absolute Gasteiger partial charge is 0.464 e. The van der Waals surface area contributed by atoms with Crippen LogP contribution in [0, 0.1) is 0 Å². The Hall–Kier alpha value is -2.57. The molecule has 1 amide bonds. The van der Waals surface area contributed by atoms with Crippen LogP contribution in [0.3, 0.4) is 0 Å². The van der Waals surface area contributed by atoms with Gasteiger partial charge in [0.05, 0.1) is 19.1 Å². The highest BCUT2D eigenvalue weighted by Gasteiger charge is 2.12. The van der Waals surface area contributed by atoms with E-state index < -0.39 is 5.91 Å². The van der Waals surface area contributed by atoms with Gasteiger partial charge in [-0.25, -0.2) is 10.4 Å². The Morgan fingerprint density at radius 1 is 1.67 bits per heavy atom. The summed E-state index contributed by atoms with van der Waals surface area (Å²) in [5.74, 6) is 0.0363. The topological polar surface area (TPSA) is 89.9 Å². The maximum atomic E-state index is 11.5. The fraction of sp³-hybridized carbons (Fsp3) is 0.182. The molecule has 2 heterocycles. The Morgan fingerprint density at radius 2 is 2.56 bits per heavy atom. The van der Waals surface area contributed by atoms with E-state index in [1.807, 2.05) is 0 Å². The van der Waals surface area contributed by atoms with Crippen LogP contribution in [-0.4, -0.2) is 23.7 Å². The molecule has 18 heavy (non-hydrogen) atoms. The molecule has 7 nitrogen and oxygen atoms in total. The highest BCUT2D eigenvalue weighted by atomic mass is 16.6. The predicted molar refractivity (Wildman–Crippen MR) is 61.4 cm³/mol. The van der Waals surface area contributed by atoms with E-state index in [9.17, 15) is 4.79 Å². The number of amides is 1. The molecule has 0 aliphatic heterocycles. The highest BCUT2D eigenvalue weighted by Crippen LogP contribution is 2.11.